The van der Waals surface area contributed by atoms with E-state index in [0.717, 1.165) is 17.9 Å². The van der Waals surface area contributed by atoms with Crippen LogP contribution in [0.1, 0.15) is 28.4 Å². The number of ether oxygens (including phenoxy) is 1. The number of hydrogen-bond acceptors (Lipinski definition) is 5. The quantitative estimate of drug-likeness (QED) is 0.734. The molecule has 1 unspecified atom stereocenters. The smallest absolute Gasteiger partial charge is 0.259 e. The summed E-state index contributed by atoms with van der Waals surface area (Å²) in [6, 6.07) is 5.55. The first-order valence-corrected chi connectivity index (χ1v) is 7.84. The Morgan fingerprint density at radius 3 is 3.12 bits per heavy atom. The van der Waals surface area contributed by atoms with Gasteiger partial charge in [-0.25, -0.2) is 9.50 Å². The number of fused-ring (bicyclic) bond motifs is 1. The number of carbonyl (C=O) groups is 1. The van der Waals surface area contributed by atoms with Gasteiger partial charge in [0, 0.05) is 49.4 Å². The minimum atomic E-state index is -0.0332. The molecule has 0 aliphatic carbocycles. The molecule has 0 radical (unpaired) electrons. The molecule has 7 heteroatoms. The Bertz CT molecular complexity index is 891. The van der Waals surface area contributed by atoms with E-state index in [9.17, 15) is 4.79 Å². The van der Waals surface area contributed by atoms with E-state index in [1.165, 1.54) is 0 Å². The molecule has 1 saturated heterocycles. The number of hydrogen-bond donors (Lipinski definition) is 0. The molecule has 0 bridgehead atoms. The van der Waals surface area contributed by atoms with E-state index in [1.807, 2.05) is 17.0 Å². The Morgan fingerprint density at radius 2 is 2.25 bits per heavy atom. The van der Waals surface area contributed by atoms with E-state index < -0.39 is 0 Å². The lowest BCUT2D eigenvalue weighted by Gasteiger charge is -2.15. The Labute approximate surface area is 138 Å². The van der Waals surface area contributed by atoms with Crippen molar-refractivity contribution < 1.29 is 9.53 Å². The third-order valence-corrected chi connectivity index (χ3v) is 4.39. The maximum atomic E-state index is 12.8. The summed E-state index contributed by atoms with van der Waals surface area (Å²) in [7, 11) is 1.64. The van der Waals surface area contributed by atoms with Crippen molar-refractivity contribution in [1.29, 1.82) is 0 Å². The monoisotopic (exact) mass is 323 g/mol. The van der Waals surface area contributed by atoms with Gasteiger partial charge in [0.05, 0.1) is 13.3 Å². The molecule has 122 valence electrons. The predicted molar refractivity (Wildman–Crippen MR) is 87.0 cm³/mol. The van der Waals surface area contributed by atoms with Crippen LogP contribution in [0.2, 0.25) is 0 Å². The highest BCUT2D eigenvalue weighted by Crippen LogP contribution is 2.29. The van der Waals surface area contributed by atoms with Gasteiger partial charge in [-0.1, -0.05) is 0 Å². The molecular formula is C17H17N5O2. The van der Waals surface area contributed by atoms with Gasteiger partial charge < -0.3 is 9.64 Å². The summed E-state index contributed by atoms with van der Waals surface area (Å²) in [6.45, 7) is 1.34. The minimum Gasteiger partial charge on any atom is -0.497 e. The topological polar surface area (TPSA) is 72.6 Å². The molecule has 0 spiro atoms. The molecule has 3 aromatic heterocycles. The predicted octanol–water partition coefficient (Wildman–Crippen LogP) is 1.76. The molecule has 4 heterocycles. The van der Waals surface area contributed by atoms with E-state index >= 15 is 0 Å². The number of methoxy groups -OCH3 is 1. The van der Waals surface area contributed by atoms with Crippen LogP contribution in [0.3, 0.4) is 0 Å². The van der Waals surface area contributed by atoms with E-state index in [4.69, 9.17) is 4.74 Å². The first-order chi connectivity index (χ1) is 11.8. The summed E-state index contributed by atoms with van der Waals surface area (Å²) in [5.74, 6) is 0.976. The Kier molecular flexibility index (Phi) is 3.60. The maximum absolute atomic E-state index is 12.8. The maximum Gasteiger partial charge on any atom is 0.259 e. The zero-order valence-corrected chi connectivity index (χ0v) is 13.3. The van der Waals surface area contributed by atoms with Crippen LogP contribution in [0.5, 0.6) is 5.75 Å². The van der Waals surface area contributed by atoms with E-state index in [1.54, 1.807) is 42.5 Å². The van der Waals surface area contributed by atoms with Crippen LogP contribution in [-0.4, -0.2) is 50.6 Å². The van der Waals surface area contributed by atoms with Gasteiger partial charge in [0.15, 0.2) is 5.65 Å². The fraction of sp³-hybridized carbons (Fsp3) is 0.294. The molecule has 0 N–H and O–H groups in total. The highest BCUT2D eigenvalue weighted by atomic mass is 16.5. The van der Waals surface area contributed by atoms with Gasteiger partial charge >= 0.3 is 0 Å². The molecule has 7 nitrogen and oxygen atoms in total. The minimum absolute atomic E-state index is 0.0332. The zero-order valence-electron chi connectivity index (χ0n) is 13.3. The van der Waals surface area contributed by atoms with Gasteiger partial charge in [0.1, 0.15) is 11.3 Å². The van der Waals surface area contributed by atoms with Crippen molar-refractivity contribution in [3.8, 4) is 5.75 Å². The van der Waals surface area contributed by atoms with Crippen molar-refractivity contribution in [3.63, 3.8) is 0 Å². The van der Waals surface area contributed by atoms with Crippen molar-refractivity contribution in [1.82, 2.24) is 24.5 Å². The molecule has 1 fully saturated rings. The molecule has 4 rings (SSSR count). The van der Waals surface area contributed by atoms with Crippen molar-refractivity contribution in [2.75, 3.05) is 20.2 Å². The average Bonchev–Trinajstić information content (AvgIpc) is 3.28. The van der Waals surface area contributed by atoms with Crippen LogP contribution in [0, 0.1) is 0 Å². The fourth-order valence-electron chi connectivity index (χ4n) is 3.11. The van der Waals surface area contributed by atoms with Gasteiger partial charge in [0.2, 0.25) is 0 Å². The highest BCUT2D eigenvalue weighted by molar-refractivity contribution is 5.99. The second kappa shape index (κ2) is 5.92. The number of likely N-dealkylation sites (tertiary alicyclic amines) is 1. The Morgan fingerprint density at radius 1 is 1.33 bits per heavy atom. The van der Waals surface area contributed by atoms with Crippen LogP contribution in [0.25, 0.3) is 5.65 Å². The summed E-state index contributed by atoms with van der Waals surface area (Å²) in [5.41, 5.74) is 2.09. The lowest BCUT2D eigenvalue weighted by Crippen LogP contribution is -2.28. The van der Waals surface area contributed by atoms with Crippen molar-refractivity contribution in [2.45, 2.75) is 12.3 Å². The van der Waals surface area contributed by atoms with Crippen LogP contribution >= 0.6 is 0 Å². The number of aromatic nitrogens is 4. The Hall–Kier alpha value is -2.96. The van der Waals surface area contributed by atoms with Gasteiger partial charge in [-0.05, 0) is 18.6 Å². The number of nitrogens with zero attached hydrogens (tertiary/aromatic N) is 5. The van der Waals surface area contributed by atoms with Gasteiger partial charge in [-0.3, -0.25) is 9.78 Å². The standard InChI is InChI=1S/C17H17N5O2/c1-24-13-3-6-18-15(9-13)12-4-8-21(11-12)17(23)14-10-20-22-7-2-5-19-16(14)22/h2-3,5-7,9-10,12H,4,8,11H2,1H3. The molecule has 1 amide bonds. The summed E-state index contributed by atoms with van der Waals surface area (Å²) < 4.78 is 6.87. The zero-order chi connectivity index (χ0) is 16.5. The first kappa shape index (κ1) is 14.6. The molecule has 1 aliphatic rings. The average molecular weight is 323 g/mol. The summed E-state index contributed by atoms with van der Waals surface area (Å²) in [5, 5.41) is 4.19. The molecule has 1 aliphatic heterocycles. The van der Waals surface area contributed by atoms with Gasteiger partial charge in [0.25, 0.3) is 5.91 Å². The molecule has 3 aromatic rings. The third kappa shape index (κ3) is 2.47. The van der Waals surface area contributed by atoms with E-state index in [-0.39, 0.29) is 11.8 Å². The van der Waals surface area contributed by atoms with Crippen molar-refractivity contribution in [2.24, 2.45) is 0 Å². The molecule has 1 atom stereocenters. The molecule has 0 aromatic carbocycles. The van der Waals surface area contributed by atoms with E-state index in [0.29, 0.717) is 24.3 Å². The normalized spacial score (nSPS) is 17.4. The SMILES string of the molecule is COc1ccnc(C2CCN(C(=O)c3cnn4cccnc34)C2)c1. The second-order valence-corrected chi connectivity index (χ2v) is 5.80. The van der Waals surface area contributed by atoms with Crippen molar-refractivity contribution >= 4 is 11.6 Å². The van der Waals surface area contributed by atoms with Gasteiger partial charge in [-0.2, -0.15) is 5.10 Å². The summed E-state index contributed by atoms with van der Waals surface area (Å²) >= 11 is 0. The number of amides is 1. The highest BCUT2D eigenvalue weighted by Gasteiger charge is 2.30. The third-order valence-electron chi connectivity index (χ3n) is 4.39. The van der Waals surface area contributed by atoms with Crippen LogP contribution in [0.4, 0.5) is 0 Å². The lowest BCUT2D eigenvalue weighted by atomic mass is 10.0. The fourth-order valence-corrected chi connectivity index (χ4v) is 3.11. The molecule has 24 heavy (non-hydrogen) atoms. The Balaban J connectivity index is 1.55. The second-order valence-electron chi connectivity index (χ2n) is 5.80. The van der Waals surface area contributed by atoms with Crippen LogP contribution < -0.4 is 4.74 Å². The largest absolute Gasteiger partial charge is 0.497 e. The molecular weight excluding hydrogens is 306 g/mol. The van der Waals surface area contributed by atoms with E-state index in [2.05, 4.69) is 15.1 Å². The van der Waals surface area contributed by atoms with Crippen molar-refractivity contribution in [3.05, 3.63) is 54.2 Å². The van der Waals surface area contributed by atoms with Crippen LogP contribution in [0.15, 0.2) is 43.0 Å². The van der Waals surface area contributed by atoms with Crippen LogP contribution in [-0.2, 0) is 0 Å². The summed E-state index contributed by atoms with van der Waals surface area (Å²) in [6.07, 6.45) is 7.67. The first-order valence-electron chi connectivity index (χ1n) is 7.84. The molecule has 0 saturated carbocycles. The number of rotatable bonds is 3. The lowest BCUT2D eigenvalue weighted by molar-refractivity contribution is 0.0792. The summed E-state index contributed by atoms with van der Waals surface area (Å²) in [4.78, 5) is 23.3. The number of pyridine rings is 1. The number of carbonyl (C=O) groups excluding carboxylic acids is 1. The van der Waals surface area contributed by atoms with Gasteiger partial charge in [-0.15, -0.1) is 0 Å².